The van der Waals surface area contributed by atoms with Crippen molar-refractivity contribution in [2.45, 2.75) is 37.0 Å². The monoisotopic (exact) mass is 283 g/mol. The van der Waals surface area contributed by atoms with E-state index in [1.165, 1.54) is 4.90 Å². The highest BCUT2D eigenvalue weighted by atomic mass is 32.2. The lowest BCUT2D eigenvalue weighted by atomic mass is 10.2. The summed E-state index contributed by atoms with van der Waals surface area (Å²) in [4.78, 5) is 14.3. The van der Waals surface area contributed by atoms with Gasteiger partial charge in [0, 0.05) is 22.8 Å². The van der Waals surface area contributed by atoms with Gasteiger partial charge >= 0.3 is 0 Å². The predicted octanol–water partition coefficient (Wildman–Crippen LogP) is 1.66. The fourth-order valence-electron chi connectivity index (χ4n) is 1.53. The predicted molar refractivity (Wildman–Crippen MR) is 76.6 cm³/mol. The number of carbonyl (C=O) groups is 1. The summed E-state index contributed by atoms with van der Waals surface area (Å²) in [7, 11) is 0.614. The number of hydrogen-bond acceptors (Lipinski definition) is 3. The molecule has 106 valence electrons. The molecule has 0 aliphatic heterocycles. The molecule has 0 bridgehead atoms. The van der Waals surface area contributed by atoms with E-state index >= 15 is 0 Å². The summed E-state index contributed by atoms with van der Waals surface area (Å²) in [5.41, 5.74) is 0.535. The molecule has 1 rings (SSSR count). The van der Waals surface area contributed by atoms with Gasteiger partial charge in [0.05, 0.1) is 23.4 Å². The minimum atomic E-state index is -1.04. The molecule has 5 heteroatoms. The van der Waals surface area contributed by atoms with Crippen LogP contribution < -0.4 is 0 Å². The van der Waals surface area contributed by atoms with E-state index in [2.05, 4.69) is 0 Å². The second kappa shape index (κ2) is 6.82. The van der Waals surface area contributed by atoms with Gasteiger partial charge in [-0.1, -0.05) is 13.8 Å². The lowest BCUT2D eigenvalue weighted by Gasteiger charge is -2.23. The van der Waals surface area contributed by atoms with Gasteiger partial charge < -0.3 is 10.0 Å². The molecule has 0 heterocycles. The third kappa shape index (κ3) is 3.88. The van der Waals surface area contributed by atoms with Crippen LogP contribution in [0.1, 0.15) is 31.1 Å². The van der Waals surface area contributed by atoms with E-state index in [0.29, 0.717) is 5.56 Å². The molecule has 0 saturated carbocycles. The van der Waals surface area contributed by atoms with Crippen molar-refractivity contribution in [3.63, 3.8) is 0 Å². The topological polar surface area (TPSA) is 57.6 Å². The highest BCUT2D eigenvalue weighted by Gasteiger charge is 2.17. The van der Waals surface area contributed by atoms with Gasteiger partial charge in [0.15, 0.2) is 0 Å². The molecular weight excluding hydrogens is 262 g/mol. The van der Waals surface area contributed by atoms with E-state index in [1.807, 2.05) is 13.8 Å². The Bertz CT molecular complexity index is 456. The van der Waals surface area contributed by atoms with Crippen LogP contribution in [-0.4, -0.2) is 45.1 Å². The molecule has 4 nitrogen and oxygen atoms in total. The first-order valence-electron chi connectivity index (χ1n) is 6.27. The molecule has 0 radical (unpaired) electrons. The van der Waals surface area contributed by atoms with Crippen LogP contribution in [0, 0.1) is 0 Å². The molecule has 0 saturated heterocycles. The Hall–Kier alpha value is -1.20. The molecule has 1 aromatic rings. The van der Waals surface area contributed by atoms with Crippen molar-refractivity contribution < 1.29 is 14.1 Å². The minimum Gasteiger partial charge on any atom is -0.394 e. The fourth-order valence-corrected chi connectivity index (χ4v) is 2.48. The number of likely N-dealkylation sites (N-methyl/N-ethyl adjacent to an activating group) is 1. The molecule has 0 aliphatic rings. The Morgan fingerprint density at radius 3 is 2.21 bits per heavy atom. The number of rotatable bonds is 5. The summed E-state index contributed by atoms with van der Waals surface area (Å²) in [6.45, 7) is 5.50. The van der Waals surface area contributed by atoms with Crippen LogP contribution in [0.2, 0.25) is 0 Å². The largest absolute Gasteiger partial charge is 0.394 e. The Kier molecular flexibility index (Phi) is 5.69. The van der Waals surface area contributed by atoms with Crippen LogP contribution in [0.5, 0.6) is 0 Å². The van der Waals surface area contributed by atoms with E-state index in [-0.39, 0.29) is 23.8 Å². The molecule has 1 amide bonds. The van der Waals surface area contributed by atoms with E-state index in [9.17, 15) is 9.00 Å². The standard InChI is InChI=1S/C14H21NO3S/c1-10(2)19(18)13-7-5-12(6-8-13)14(17)15(4)11(3)9-16/h5-8,10-11,16H,9H2,1-4H3. The van der Waals surface area contributed by atoms with Crippen LogP contribution in [0.3, 0.4) is 0 Å². The Morgan fingerprint density at radius 1 is 1.26 bits per heavy atom. The number of aliphatic hydroxyl groups excluding tert-OH is 1. The number of aliphatic hydroxyl groups is 1. The summed E-state index contributed by atoms with van der Waals surface area (Å²) in [5, 5.41) is 9.10. The van der Waals surface area contributed by atoms with Crippen molar-refractivity contribution in [2.24, 2.45) is 0 Å². The molecule has 1 aromatic carbocycles. The van der Waals surface area contributed by atoms with Gasteiger partial charge in [0.1, 0.15) is 0 Å². The Morgan fingerprint density at radius 2 is 1.79 bits per heavy atom. The highest BCUT2D eigenvalue weighted by molar-refractivity contribution is 7.85. The van der Waals surface area contributed by atoms with Crippen LogP contribution in [-0.2, 0) is 10.8 Å². The maximum Gasteiger partial charge on any atom is 0.253 e. The summed E-state index contributed by atoms with van der Waals surface area (Å²) in [6.07, 6.45) is 0. The molecule has 0 aliphatic carbocycles. The Labute approximate surface area is 116 Å². The number of nitrogens with zero attached hydrogens (tertiary/aromatic N) is 1. The van der Waals surface area contributed by atoms with E-state index in [0.717, 1.165) is 4.90 Å². The molecule has 2 unspecified atom stereocenters. The lowest BCUT2D eigenvalue weighted by molar-refractivity contribution is 0.0682. The van der Waals surface area contributed by atoms with Crippen molar-refractivity contribution in [3.8, 4) is 0 Å². The van der Waals surface area contributed by atoms with Gasteiger partial charge in [0.2, 0.25) is 0 Å². The van der Waals surface area contributed by atoms with Gasteiger partial charge in [-0.25, -0.2) is 0 Å². The molecule has 0 aromatic heterocycles. The smallest absolute Gasteiger partial charge is 0.253 e. The number of amides is 1. The first kappa shape index (κ1) is 15.9. The van der Waals surface area contributed by atoms with Crippen LogP contribution >= 0.6 is 0 Å². The molecule has 1 N–H and O–H groups in total. The second-order valence-electron chi connectivity index (χ2n) is 4.82. The van der Waals surface area contributed by atoms with Crippen LogP contribution in [0.4, 0.5) is 0 Å². The number of hydrogen-bond donors (Lipinski definition) is 1. The van der Waals surface area contributed by atoms with E-state index in [4.69, 9.17) is 5.11 Å². The molecule has 0 spiro atoms. The zero-order valence-corrected chi connectivity index (χ0v) is 12.6. The maximum absolute atomic E-state index is 12.1. The lowest BCUT2D eigenvalue weighted by Crippen LogP contribution is -2.37. The normalized spacial score (nSPS) is 14.2. The molecular formula is C14H21NO3S. The molecule has 19 heavy (non-hydrogen) atoms. The number of benzene rings is 1. The first-order chi connectivity index (χ1) is 8.88. The van der Waals surface area contributed by atoms with Gasteiger partial charge in [0.25, 0.3) is 5.91 Å². The zero-order valence-electron chi connectivity index (χ0n) is 11.8. The Balaban J connectivity index is 2.87. The molecule has 2 atom stereocenters. The quantitative estimate of drug-likeness (QED) is 0.894. The second-order valence-corrected chi connectivity index (χ2v) is 6.83. The van der Waals surface area contributed by atoms with Crippen molar-refractivity contribution in [2.75, 3.05) is 13.7 Å². The van der Waals surface area contributed by atoms with Crippen molar-refractivity contribution >= 4 is 16.7 Å². The van der Waals surface area contributed by atoms with Crippen molar-refractivity contribution in [1.82, 2.24) is 4.90 Å². The average molecular weight is 283 g/mol. The van der Waals surface area contributed by atoms with Crippen LogP contribution in [0.25, 0.3) is 0 Å². The molecule has 0 fully saturated rings. The number of carbonyl (C=O) groups excluding carboxylic acids is 1. The van der Waals surface area contributed by atoms with E-state index < -0.39 is 10.8 Å². The average Bonchev–Trinajstić information content (AvgIpc) is 2.44. The van der Waals surface area contributed by atoms with Gasteiger partial charge in [-0.3, -0.25) is 9.00 Å². The third-order valence-electron chi connectivity index (χ3n) is 3.01. The fraction of sp³-hybridized carbons (Fsp3) is 0.500. The van der Waals surface area contributed by atoms with Gasteiger partial charge in [-0.2, -0.15) is 0 Å². The van der Waals surface area contributed by atoms with Crippen molar-refractivity contribution in [3.05, 3.63) is 29.8 Å². The zero-order chi connectivity index (χ0) is 14.6. The SMILES string of the molecule is CC(CO)N(C)C(=O)c1ccc(S(=O)C(C)C)cc1. The minimum absolute atomic E-state index is 0.0543. The summed E-state index contributed by atoms with van der Waals surface area (Å²) >= 11 is 0. The summed E-state index contributed by atoms with van der Waals surface area (Å²) in [6, 6.07) is 6.58. The van der Waals surface area contributed by atoms with Crippen molar-refractivity contribution in [1.29, 1.82) is 0 Å². The maximum atomic E-state index is 12.1. The highest BCUT2D eigenvalue weighted by Crippen LogP contribution is 2.14. The third-order valence-corrected chi connectivity index (χ3v) is 4.60. The summed E-state index contributed by atoms with van der Waals surface area (Å²) in [5.74, 6) is -0.150. The summed E-state index contributed by atoms with van der Waals surface area (Å²) < 4.78 is 11.9. The first-order valence-corrected chi connectivity index (χ1v) is 7.48. The van der Waals surface area contributed by atoms with Gasteiger partial charge in [-0.15, -0.1) is 0 Å². The van der Waals surface area contributed by atoms with Gasteiger partial charge in [-0.05, 0) is 31.2 Å². The van der Waals surface area contributed by atoms with Crippen LogP contribution in [0.15, 0.2) is 29.2 Å². The van der Waals surface area contributed by atoms with E-state index in [1.54, 1.807) is 38.2 Å².